The molecule has 2 rings (SSSR count). The van der Waals surface area contributed by atoms with Crippen LogP contribution in [0.15, 0.2) is 47.4 Å². The summed E-state index contributed by atoms with van der Waals surface area (Å²) < 4.78 is 31.0. The molecule has 0 atom stereocenters. The molecule has 0 aliphatic rings. The second-order valence-electron chi connectivity index (χ2n) is 2.95. The second-order valence-corrected chi connectivity index (χ2v) is 4.34. The van der Waals surface area contributed by atoms with E-state index in [2.05, 4.69) is 0 Å². The summed E-state index contributed by atoms with van der Waals surface area (Å²) in [6, 6.07) is 11.8. The summed E-state index contributed by atoms with van der Waals surface area (Å²) in [7, 11) is -4.13. The molecular weight excluding hydrogens is 221 g/mol. The summed E-state index contributed by atoms with van der Waals surface area (Å²) in [5, 5.41) is 1.33. The summed E-state index contributed by atoms with van der Waals surface area (Å²) in [5.41, 5.74) is 0. The predicted octanol–water partition coefficient (Wildman–Crippen LogP) is 1.60. The van der Waals surface area contributed by atoms with Crippen molar-refractivity contribution in [1.29, 1.82) is 0 Å². The fourth-order valence-electron chi connectivity index (χ4n) is 1.42. The van der Waals surface area contributed by atoms with Crippen LogP contribution in [0.5, 0.6) is 0 Å². The van der Waals surface area contributed by atoms with Crippen LogP contribution < -0.4 is 6.15 Å². The van der Waals surface area contributed by atoms with Crippen LogP contribution in [-0.4, -0.2) is 31.8 Å². The Morgan fingerprint density at radius 3 is 2.12 bits per heavy atom. The minimum absolute atomic E-state index is 0. The third kappa shape index (κ3) is 2.85. The van der Waals surface area contributed by atoms with E-state index in [4.69, 9.17) is 4.55 Å². The molecule has 0 unspecified atom stereocenters. The second kappa shape index (κ2) is 5.48. The Hall–Kier alpha value is -0.833. The topological polar surface area (TPSA) is 89.4 Å². The van der Waals surface area contributed by atoms with Gasteiger partial charge in [-0.25, -0.2) is 0 Å². The Morgan fingerprint density at radius 1 is 0.938 bits per heavy atom. The fourth-order valence-corrected chi connectivity index (χ4v) is 2.13. The first kappa shape index (κ1) is 15.2. The van der Waals surface area contributed by atoms with Crippen molar-refractivity contribution in [2.24, 2.45) is 0 Å². The molecule has 16 heavy (non-hydrogen) atoms. The summed E-state index contributed by atoms with van der Waals surface area (Å²) >= 11 is 0. The van der Waals surface area contributed by atoms with E-state index >= 15 is 0 Å². The normalized spacial score (nSPS) is 10.3. The first-order valence-electron chi connectivity index (χ1n) is 4.04. The zero-order valence-electron chi connectivity index (χ0n) is 7.92. The Kier molecular flexibility index (Phi) is 5.20. The summed E-state index contributed by atoms with van der Waals surface area (Å²) in [6.45, 7) is 0. The molecule has 2 aromatic carbocycles. The van der Waals surface area contributed by atoms with Crippen LogP contribution in [0, 0.1) is 0 Å². The first-order valence-corrected chi connectivity index (χ1v) is 5.48. The van der Waals surface area contributed by atoms with Crippen LogP contribution in [0.3, 0.4) is 0 Å². The van der Waals surface area contributed by atoms with Crippen molar-refractivity contribution in [2.75, 3.05) is 0 Å². The molecule has 0 aliphatic heterocycles. The van der Waals surface area contributed by atoms with Gasteiger partial charge in [-0.15, -0.1) is 0 Å². The van der Waals surface area contributed by atoms with E-state index in [1.165, 1.54) is 6.07 Å². The van der Waals surface area contributed by atoms with E-state index < -0.39 is 10.1 Å². The van der Waals surface area contributed by atoms with Crippen LogP contribution in [0.2, 0.25) is 0 Å². The van der Waals surface area contributed by atoms with Gasteiger partial charge in [-0.05, 0) is 11.5 Å². The van der Waals surface area contributed by atoms with Crippen molar-refractivity contribution in [1.82, 2.24) is 6.15 Å². The van der Waals surface area contributed by atoms with Crippen molar-refractivity contribution in [2.45, 2.75) is 4.90 Å². The van der Waals surface area contributed by atoms with Gasteiger partial charge in [0.25, 0.3) is 10.1 Å². The van der Waals surface area contributed by atoms with E-state index in [0.29, 0.717) is 5.39 Å². The number of hydrogen-bond donors (Lipinski definition) is 2. The van der Waals surface area contributed by atoms with Gasteiger partial charge in [-0.3, -0.25) is 4.55 Å². The third-order valence-electron chi connectivity index (χ3n) is 2.03. The van der Waals surface area contributed by atoms with Gasteiger partial charge in [0.15, 0.2) is 0 Å². The van der Waals surface area contributed by atoms with Crippen LogP contribution in [-0.2, 0) is 10.1 Å². The van der Waals surface area contributed by atoms with Crippen molar-refractivity contribution in [3.8, 4) is 0 Å². The first-order chi connectivity index (χ1) is 6.59. The van der Waals surface area contributed by atoms with Crippen molar-refractivity contribution in [3.63, 3.8) is 0 Å². The fraction of sp³-hybridized carbons (Fsp3) is 0. The quantitative estimate of drug-likeness (QED) is 0.578. The van der Waals surface area contributed by atoms with Gasteiger partial charge in [0.05, 0.1) is 0 Å². The van der Waals surface area contributed by atoms with Gasteiger partial charge in [0, 0.05) is 5.39 Å². The average molecular weight is 233 g/mol. The molecule has 4 nitrogen and oxygen atoms in total. The molecule has 2 aromatic rings. The Morgan fingerprint density at radius 2 is 1.50 bits per heavy atom. The van der Waals surface area contributed by atoms with E-state index in [1.54, 1.807) is 30.3 Å². The number of hydrogen-bond acceptors (Lipinski definition) is 3. The zero-order valence-corrected chi connectivity index (χ0v) is 8.74. The molecule has 0 bridgehead atoms. The summed E-state index contributed by atoms with van der Waals surface area (Å²) in [5.74, 6) is 0. The maximum absolute atomic E-state index is 11.0. The van der Waals surface area contributed by atoms with Crippen LogP contribution in [0.4, 0.5) is 0 Å². The van der Waals surface area contributed by atoms with Crippen LogP contribution >= 0.6 is 0 Å². The van der Waals surface area contributed by atoms with Gasteiger partial charge in [-0.2, -0.15) is 8.42 Å². The predicted molar refractivity (Wildman–Crippen MR) is 65.9 cm³/mol. The summed E-state index contributed by atoms with van der Waals surface area (Å²) in [6.07, 6.45) is 0. The van der Waals surface area contributed by atoms with Crippen LogP contribution in [0.1, 0.15) is 0 Å². The van der Waals surface area contributed by atoms with Crippen molar-refractivity contribution < 1.29 is 13.0 Å². The molecule has 0 aromatic heterocycles. The van der Waals surface area contributed by atoms with Crippen molar-refractivity contribution in [3.05, 3.63) is 42.5 Å². The van der Waals surface area contributed by atoms with Gasteiger partial charge in [0.2, 0.25) is 0 Å². The molecule has 0 aliphatic carbocycles. The monoisotopic (exact) mass is 233 g/mol. The number of fused-ring (bicyclic) bond motifs is 1. The Balaban J connectivity index is 0.00000112. The molecule has 0 saturated heterocycles. The van der Waals surface area contributed by atoms with Gasteiger partial charge >= 0.3 is 18.9 Å². The molecule has 0 spiro atoms. The molecule has 0 radical (unpaired) electrons. The van der Waals surface area contributed by atoms with E-state index in [0.717, 1.165) is 5.39 Å². The standard InChI is InChI=1S/C10H8O3S.Li.H3N.H/c11-14(12,13)10-7-3-5-8-4-1-2-6-9(8)10;;;/h1-7H,(H,11,12,13);;1H3;. The third-order valence-corrected chi connectivity index (χ3v) is 2.94. The Bertz CT molecular complexity index is 578. The molecule has 0 heterocycles. The van der Waals surface area contributed by atoms with Crippen molar-refractivity contribution >= 4 is 39.8 Å². The molecular formula is C10H12LiNO3S. The minimum atomic E-state index is -4.13. The van der Waals surface area contributed by atoms with Crippen LogP contribution in [0.25, 0.3) is 10.8 Å². The average Bonchev–Trinajstić information content (AvgIpc) is 2.15. The molecule has 4 N–H and O–H groups in total. The van der Waals surface area contributed by atoms with E-state index in [9.17, 15) is 8.42 Å². The zero-order chi connectivity index (χ0) is 10.2. The summed E-state index contributed by atoms with van der Waals surface area (Å²) in [4.78, 5) is -0.0457. The van der Waals surface area contributed by atoms with E-state index in [-0.39, 0.29) is 29.9 Å². The number of benzene rings is 2. The molecule has 0 amide bonds. The van der Waals surface area contributed by atoms with Gasteiger partial charge < -0.3 is 6.15 Å². The molecule has 82 valence electrons. The van der Waals surface area contributed by atoms with Gasteiger partial charge in [-0.1, -0.05) is 36.4 Å². The SMILES string of the molecule is N.O=S(=O)(O)c1cccc2ccccc12.[LiH]. The molecule has 0 saturated carbocycles. The Labute approximate surface area is 106 Å². The molecule has 0 fully saturated rings. The maximum atomic E-state index is 11.0. The van der Waals surface area contributed by atoms with E-state index in [1.807, 2.05) is 6.07 Å². The molecule has 6 heteroatoms. The number of rotatable bonds is 1. The van der Waals surface area contributed by atoms with Gasteiger partial charge in [0.1, 0.15) is 4.90 Å².